The Balaban J connectivity index is 2.24. The summed E-state index contributed by atoms with van der Waals surface area (Å²) >= 11 is 0. The van der Waals surface area contributed by atoms with Crippen LogP contribution >= 0.6 is 0 Å². The zero-order chi connectivity index (χ0) is 11.4. The normalized spacial score (nSPS) is 23.9. The fraction of sp³-hybridized carbons (Fsp3) is 0.467. The average Bonchev–Trinajstić information content (AvgIpc) is 2.47. The summed E-state index contributed by atoms with van der Waals surface area (Å²) in [5.74, 6) is 6.32. The molecule has 1 N–H and O–H groups in total. The molecule has 0 aromatic heterocycles. The van der Waals surface area contributed by atoms with E-state index in [1.165, 1.54) is 5.56 Å². The molecule has 1 nitrogen and oxygen atoms in total. The van der Waals surface area contributed by atoms with Gasteiger partial charge in [-0.2, -0.15) is 0 Å². The van der Waals surface area contributed by atoms with Crippen molar-refractivity contribution in [1.29, 1.82) is 0 Å². The van der Waals surface area contributed by atoms with E-state index in [0.717, 1.165) is 31.2 Å². The lowest BCUT2D eigenvalue weighted by molar-refractivity contribution is 0.108. The summed E-state index contributed by atoms with van der Waals surface area (Å²) in [4.78, 5) is 0. The van der Waals surface area contributed by atoms with Gasteiger partial charge in [0.15, 0.2) is 0 Å². The van der Waals surface area contributed by atoms with Crippen LogP contribution in [0.5, 0.6) is 0 Å². The van der Waals surface area contributed by atoms with Gasteiger partial charge in [0.25, 0.3) is 0 Å². The molecule has 1 aliphatic rings. The molecule has 0 heterocycles. The van der Waals surface area contributed by atoms with Crippen molar-refractivity contribution in [1.82, 2.24) is 0 Å². The Labute approximate surface area is 97.5 Å². The first kappa shape index (κ1) is 11.2. The van der Waals surface area contributed by atoms with Crippen LogP contribution in [0.3, 0.4) is 0 Å². The van der Waals surface area contributed by atoms with E-state index in [1.807, 2.05) is 13.0 Å². The molecule has 0 saturated heterocycles. The Kier molecular flexibility index (Phi) is 3.64. The minimum Gasteiger partial charge on any atom is -0.388 e. The SMILES string of the molecule is CC#CCC1CCCc2ccccc2C1O. The van der Waals surface area contributed by atoms with Gasteiger partial charge in [-0.15, -0.1) is 11.8 Å². The molecule has 1 aromatic rings. The van der Waals surface area contributed by atoms with Crippen molar-refractivity contribution >= 4 is 0 Å². The van der Waals surface area contributed by atoms with Crippen LogP contribution in [0, 0.1) is 17.8 Å². The van der Waals surface area contributed by atoms with Crippen LogP contribution in [0.25, 0.3) is 0 Å². The molecule has 0 radical (unpaired) electrons. The van der Waals surface area contributed by atoms with E-state index in [2.05, 4.69) is 30.0 Å². The van der Waals surface area contributed by atoms with Gasteiger partial charge in [-0.25, -0.2) is 0 Å². The predicted octanol–water partition coefficient (Wildman–Crippen LogP) is 3.09. The Hall–Kier alpha value is -1.26. The fourth-order valence-electron chi connectivity index (χ4n) is 2.46. The van der Waals surface area contributed by atoms with E-state index >= 15 is 0 Å². The van der Waals surface area contributed by atoms with Gasteiger partial charge in [0.05, 0.1) is 6.10 Å². The van der Waals surface area contributed by atoms with Gasteiger partial charge < -0.3 is 5.11 Å². The van der Waals surface area contributed by atoms with E-state index in [4.69, 9.17) is 0 Å². The molecule has 2 atom stereocenters. The summed E-state index contributed by atoms with van der Waals surface area (Å²) in [6.45, 7) is 1.86. The molecule has 1 aliphatic carbocycles. The van der Waals surface area contributed by atoms with Gasteiger partial charge >= 0.3 is 0 Å². The standard InChI is InChI=1S/C15H18O/c1-2-3-7-13-10-6-9-12-8-4-5-11-14(12)15(13)16/h4-5,8,11,13,15-16H,6-7,9-10H2,1H3. The Morgan fingerprint density at radius 2 is 2.19 bits per heavy atom. The number of aryl methyl sites for hydroxylation is 1. The number of hydrogen-bond donors (Lipinski definition) is 1. The van der Waals surface area contributed by atoms with Crippen LogP contribution < -0.4 is 0 Å². The molecule has 84 valence electrons. The first-order chi connectivity index (χ1) is 7.83. The Morgan fingerprint density at radius 3 is 3.00 bits per heavy atom. The summed E-state index contributed by atoms with van der Waals surface area (Å²) in [5, 5.41) is 10.4. The lowest BCUT2D eigenvalue weighted by atomic mass is 9.91. The fourth-order valence-corrected chi connectivity index (χ4v) is 2.46. The molecule has 1 aromatic carbocycles. The highest BCUT2D eigenvalue weighted by Crippen LogP contribution is 2.34. The van der Waals surface area contributed by atoms with Gasteiger partial charge in [0, 0.05) is 6.42 Å². The second kappa shape index (κ2) is 5.18. The van der Waals surface area contributed by atoms with Gasteiger partial charge in [0.2, 0.25) is 0 Å². The summed E-state index contributed by atoms with van der Waals surface area (Å²) in [5.41, 5.74) is 2.42. The van der Waals surface area contributed by atoms with E-state index in [1.54, 1.807) is 0 Å². The van der Waals surface area contributed by atoms with Gasteiger partial charge in [-0.05, 0) is 43.2 Å². The minimum atomic E-state index is -0.334. The van der Waals surface area contributed by atoms with Crippen LogP contribution in [-0.4, -0.2) is 5.11 Å². The molecular formula is C15H18O. The molecular weight excluding hydrogens is 196 g/mol. The lowest BCUT2D eigenvalue weighted by Gasteiger charge is -2.19. The third kappa shape index (κ3) is 2.28. The molecule has 0 fully saturated rings. The van der Waals surface area contributed by atoms with Crippen molar-refractivity contribution in [2.75, 3.05) is 0 Å². The lowest BCUT2D eigenvalue weighted by Crippen LogP contribution is -2.11. The quantitative estimate of drug-likeness (QED) is 0.562. The summed E-state index contributed by atoms with van der Waals surface area (Å²) in [6.07, 6.45) is 3.80. The molecule has 2 rings (SSSR count). The molecule has 16 heavy (non-hydrogen) atoms. The maximum absolute atomic E-state index is 10.4. The number of benzene rings is 1. The zero-order valence-electron chi connectivity index (χ0n) is 9.74. The summed E-state index contributed by atoms with van der Waals surface area (Å²) in [7, 11) is 0. The van der Waals surface area contributed by atoms with Crippen LogP contribution in [0.1, 0.15) is 43.4 Å². The van der Waals surface area contributed by atoms with Crippen molar-refractivity contribution < 1.29 is 5.11 Å². The molecule has 0 aliphatic heterocycles. The van der Waals surface area contributed by atoms with Crippen molar-refractivity contribution in [2.24, 2.45) is 5.92 Å². The summed E-state index contributed by atoms with van der Waals surface area (Å²) < 4.78 is 0. The Bertz CT molecular complexity index is 411. The molecule has 0 saturated carbocycles. The van der Waals surface area contributed by atoms with Crippen LogP contribution in [0.4, 0.5) is 0 Å². The number of aliphatic hydroxyl groups excluding tert-OH is 1. The predicted molar refractivity (Wildman–Crippen MR) is 65.9 cm³/mol. The monoisotopic (exact) mass is 214 g/mol. The minimum absolute atomic E-state index is 0.302. The zero-order valence-corrected chi connectivity index (χ0v) is 9.74. The number of rotatable bonds is 1. The first-order valence-electron chi connectivity index (χ1n) is 5.98. The van der Waals surface area contributed by atoms with Crippen LogP contribution in [0.2, 0.25) is 0 Å². The highest BCUT2D eigenvalue weighted by Gasteiger charge is 2.24. The number of aliphatic hydroxyl groups is 1. The van der Waals surface area contributed by atoms with E-state index in [9.17, 15) is 5.11 Å². The molecule has 0 amide bonds. The van der Waals surface area contributed by atoms with Crippen LogP contribution in [-0.2, 0) is 6.42 Å². The highest BCUT2D eigenvalue weighted by molar-refractivity contribution is 5.30. The molecule has 2 unspecified atom stereocenters. The maximum atomic E-state index is 10.4. The smallest absolute Gasteiger partial charge is 0.0829 e. The van der Waals surface area contributed by atoms with Crippen molar-refractivity contribution in [3.8, 4) is 11.8 Å². The second-order valence-corrected chi connectivity index (χ2v) is 4.43. The van der Waals surface area contributed by atoms with Crippen molar-refractivity contribution in [3.05, 3.63) is 35.4 Å². The molecule has 1 heteroatoms. The first-order valence-corrected chi connectivity index (χ1v) is 5.98. The van der Waals surface area contributed by atoms with Crippen molar-refractivity contribution in [3.63, 3.8) is 0 Å². The topological polar surface area (TPSA) is 20.2 Å². The number of hydrogen-bond acceptors (Lipinski definition) is 1. The Morgan fingerprint density at radius 1 is 1.38 bits per heavy atom. The number of fused-ring (bicyclic) bond motifs is 1. The maximum Gasteiger partial charge on any atom is 0.0829 e. The van der Waals surface area contributed by atoms with Gasteiger partial charge in [0.1, 0.15) is 0 Å². The largest absolute Gasteiger partial charge is 0.388 e. The van der Waals surface area contributed by atoms with E-state index in [-0.39, 0.29) is 6.10 Å². The van der Waals surface area contributed by atoms with Gasteiger partial charge in [-0.3, -0.25) is 0 Å². The third-order valence-corrected chi connectivity index (χ3v) is 3.38. The van der Waals surface area contributed by atoms with Gasteiger partial charge in [-0.1, -0.05) is 24.3 Å². The van der Waals surface area contributed by atoms with E-state index in [0.29, 0.717) is 5.92 Å². The molecule has 0 spiro atoms. The average molecular weight is 214 g/mol. The van der Waals surface area contributed by atoms with E-state index < -0.39 is 0 Å². The van der Waals surface area contributed by atoms with Crippen molar-refractivity contribution in [2.45, 2.75) is 38.7 Å². The third-order valence-electron chi connectivity index (χ3n) is 3.38. The molecule has 0 bridgehead atoms. The second-order valence-electron chi connectivity index (χ2n) is 4.43. The summed E-state index contributed by atoms with van der Waals surface area (Å²) in [6, 6.07) is 8.25. The highest BCUT2D eigenvalue weighted by atomic mass is 16.3. The van der Waals surface area contributed by atoms with Crippen LogP contribution in [0.15, 0.2) is 24.3 Å².